The fourth-order valence-corrected chi connectivity index (χ4v) is 3.03. The summed E-state index contributed by atoms with van der Waals surface area (Å²) in [7, 11) is 0. The van der Waals surface area contributed by atoms with Crippen molar-refractivity contribution in [1.82, 2.24) is 10.6 Å². The first kappa shape index (κ1) is 17.5. The Kier molecular flexibility index (Phi) is 6.12. The van der Waals surface area contributed by atoms with Crippen molar-refractivity contribution in [2.75, 3.05) is 0 Å². The van der Waals surface area contributed by atoms with Crippen LogP contribution in [0.3, 0.4) is 0 Å². The highest BCUT2D eigenvalue weighted by atomic mass is 16.5. The molecule has 5 nitrogen and oxygen atoms in total. The van der Waals surface area contributed by atoms with Crippen molar-refractivity contribution in [2.24, 2.45) is 0 Å². The summed E-state index contributed by atoms with van der Waals surface area (Å²) in [6, 6.07) is 11.5. The Morgan fingerprint density at radius 1 is 1.24 bits per heavy atom. The zero-order chi connectivity index (χ0) is 17.5. The van der Waals surface area contributed by atoms with Crippen LogP contribution in [0.5, 0.6) is 5.75 Å². The Morgan fingerprint density at radius 2 is 2.08 bits per heavy atom. The molecule has 5 heteroatoms. The third-order valence-corrected chi connectivity index (χ3v) is 4.53. The summed E-state index contributed by atoms with van der Waals surface area (Å²) in [5.41, 5.74) is 1.11. The summed E-state index contributed by atoms with van der Waals surface area (Å²) in [6.07, 6.45) is 6.77. The van der Waals surface area contributed by atoms with Crippen LogP contribution in [0.25, 0.3) is 0 Å². The average molecular weight is 342 g/mol. The van der Waals surface area contributed by atoms with E-state index in [4.69, 9.17) is 9.15 Å². The molecule has 1 aliphatic rings. The first-order chi connectivity index (χ1) is 12.2. The molecule has 1 fully saturated rings. The first-order valence-electron chi connectivity index (χ1n) is 9.00. The predicted octanol–water partition coefficient (Wildman–Crippen LogP) is 3.40. The van der Waals surface area contributed by atoms with Crippen LogP contribution in [0, 0.1) is 0 Å². The van der Waals surface area contributed by atoms with Crippen molar-refractivity contribution in [2.45, 2.75) is 57.8 Å². The van der Waals surface area contributed by atoms with Crippen LogP contribution in [0.4, 0.5) is 0 Å². The minimum Gasteiger partial charge on any atom is -0.490 e. The number of hydrogen-bond acceptors (Lipinski definition) is 4. The van der Waals surface area contributed by atoms with Crippen molar-refractivity contribution in [3.8, 4) is 5.75 Å². The van der Waals surface area contributed by atoms with Gasteiger partial charge >= 0.3 is 0 Å². The highest BCUT2D eigenvalue weighted by Crippen LogP contribution is 2.24. The molecular formula is C20H26N2O3. The van der Waals surface area contributed by atoms with Crippen LogP contribution in [0.15, 0.2) is 47.1 Å². The maximum atomic E-state index is 12.1. The van der Waals surface area contributed by atoms with Crippen molar-refractivity contribution in [3.63, 3.8) is 0 Å². The first-order valence-corrected chi connectivity index (χ1v) is 9.00. The number of ether oxygens (including phenoxy) is 1. The van der Waals surface area contributed by atoms with E-state index in [-0.39, 0.29) is 11.9 Å². The molecule has 0 aliphatic heterocycles. The van der Waals surface area contributed by atoms with Gasteiger partial charge in [-0.05, 0) is 62.4 Å². The number of carbonyl (C=O) groups excluding carboxylic acids is 1. The monoisotopic (exact) mass is 342 g/mol. The molecule has 1 aliphatic carbocycles. The van der Waals surface area contributed by atoms with Gasteiger partial charge in [-0.3, -0.25) is 4.79 Å². The highest BCUT2D eigenvalue weighted by molar-refractivity contribution is 5.81. The van der Waals surface area contributed by atoms with E-state index in [1.165, 1.54) is 12.8 Å². The van der Waals surface area contributed by atoms with Crippen molar-refractivity contribution < 1.29 is 13.9 Å². The zero-order valence-corrected chi connectivity index (χ0v) is 14.7. The summed E-state index contributed by atoms with van der Waals surface area (Å²) in [5, 5.41) is 6.11. The van der Waals surface area contributed by atoms with Gasteiger partial charge in [0.15, 0.2) is 0 Å². The molecule has 0 radical (unpaired) electrons. The lowest BCUT2D eigenvalue weighted by Crippen LogP contribution is -2.41. The maximum Gasteiger partial charge on any atom is 0.237 e. The Hall–Kier alpha value is -2.27. The topological polar surface area (TPSA) is 63.5 Å². The molecule has 1 saturated carbocycles. The van der Waals surface area contributed by atoms with Crippen LogP contribution in [0.2, 0.25) is 0 Å². The standard InChI is InChI=1S/C20H26N2O3/c1-15(20(23)22-14-19-10-5-11-24-19)21-13-16-6-4-9-18(12-16)25-17-7-2-3-8-17/h4-6,9-12,15,17,21H,2-3,7-8,13-14H2,1H3,(H,22,23). The van der Waals surface area contributed by atoms with Crippen molar-refractivity contribution >= 4 is 5.91 Å². The number of furan rings is 1. The lowest BCUT2D eigenvalue weighted by molar-refractivity contribution is -0.123. The summed E-state index contributed by atoms with van der Waals surface area (Å²) < 4.78 is 11.2. The lowest BCUT2D eigenvalue weighted by Gasteiger charge is -2.16. The van der Waals surface area contributed by atoms with Gasteiger partial charge in [0.25, 0.3) is 0 Å². The molecule has 0 spiro atoms. The summed E-state index contributed by atoms with van der Waals surface area (Å²) >= 11 is 0. The Morgan fingerprint density at radius 3 is 2.84 bits per heavy atom. The molecule has 1 aromatic carbocycles. The van der Waals surface area contributed by atoms with Crippen LogP contribution in [0.1, 0.15) is 43.9 Å². The van der Waals surface area contributed by atoms with E-state index >= 15 is 0 Å². The van der Waals surface area contributed by atoms with Gasteiger partial charge in [0, 0.05) is 6.54 Å². The molecule has 1 aromatic heterocycles. The normalized spacial score (nSPS) is 15.9. The number of hydrogen-bond donors (Lipinski definition) is 2. The van der Waals surface area contributed by atoms with E-state index in [0.29, 0.717) is 19.2 Å². The Labute approximate surface area is 148 Å². The number of rotatable bonds is 8. The summed E-state index contributed by atoms with van der Waals surface area (Å²) in [6.45, 7) is 2.89. The van der Waals surface area contributed by atoms with E-state index in [1.54, 1.807) is 6.26 Å². The summed E-state index contributed by atoms with van der Waals surface area (Å²) in [5.74, 6) is 1.62. The number of carbonyl (C=O) groups is 1. The Balaban J connectivity index is 1.44. The van der Waals surface area contributed by atoms with E-state index in [9.17, 15) is 4.79 Å². The van der Waals surface area contributed by atoms with E-state index in [2.05, 4.69) is 16.7 Å². The molecule has 2 N–H and O–H groups in total. The molecule has 1 heterocycles. The quantitative estimate of drug-likeness (QED) is 0.772. The smallest absolute Gasteiger partial charge is 0.237 e. The molecule has 0 saturated heterocycles. The highest BCUT2D eigenvalue weighted by Gasteiger charge is 2.17. The van der Waals surface area contributed by atoms with E-state index in [0.717, 1.165) is 29.9 Å². The summed E-state index contributed by atoms with van der Waals surface area (Å²) in [4.78, 5) is 12.1. The lowest BCUT2D eigenvalue weighted by atomic mass is 10.2. The van der Waals surface area contributed by atoms with Gasteiger partial charge in [-0.1, -0.05) is 12.1 Å². The molecule has 2 aromatic rings. The molecule has 25 heavy (non-hydrogen) atoms. The molecule has 134 valence electrons. The minimum absolute atomic E-state index is 0.0465. The van der Waals surface area contributed by atoms with Gasteiger partial charge in [-0.15, -0.1) is 0 Å². The Bertz CT molecular complexity index is 663. The van der Waals surface area contributed by atoms with E-state index < -0.39 is 0 Å². The van der Waals surface area contributed by atoms with Gasteiger partial charge < -0.3 is 19.8 Å². The molecule has 1 atom stereocenters. The third kappa shape index (κ3) is 5.36. The van der Waals surface area contributed by atoms with Crippen molar-refractivity contribution in [3.05, 3.63) is 54.0 Å². The fourth-order valence-electron chi connectivity index (χ4n) is 3.03. The van der Waals surface area contributed by atoms with Gasteiger partial charge in [-0.25, -0.2) is 0 Å². The van der Waals surface area contributed by atoms with Gasteiger partial charge in [0.05, 0.1) is 25.0 Å². The molecule has 0 bridgehead atoms. The SMILES string of the molecule is CC(NCc1cccc(OC2CCCC2)c1)C(=O)NCc1ccco1. The van der Waals surface area contributed by atoms with Crippen molar-refractivity contribution in [1.29, 1.82) is 0 Å². The zero-order valence-electron chi connectivity index (χ0n) is 14.7. The van der Waals surface area contributed by atoms with E-state index in [1.807, 2.05) is 37.3 Å². The van der Waals surface area contributed by atoms with Crippen LogP contribution < -0.4 is 15.4 Å². The maximum absolute atomic E-state index is 12.1. The molecule has 1 unspecified atom stereocenters. The largest absolute Gasteiger partial charge is 0.490 e. The average Bonchev–Trinajstić information content (AvgIpc) is 3.31. The molecular weight excluding hydrogens is 316 g/mol. The van der Waals surface area contributed by atoms with Gasteiger partial charge in [0.2, 0.25) is 5.91 Å². The fraction of sp³-hybridized carbons (Fsp3) is 0.450. The second-order valence-corrected chi connectivity index (χ2v) is 6.57. The third-order valence-electron chi connectivity index (χ3n) is 4.53. The number of benzene rings is 1. The van der Waals surface area contributed by atoms with Crippen LogP contribution in [-0.4, -0.2) is 18.1 Å². The predicted molar refractivity (Wildman–Crippen MR) is 96.2 cm³/mol. The van der Waals surface area contributed by atoms with Gasteiger partial charge in [-0.2, -0.15) is 0 Å². The second-order valence-electron chi connectivity index (χ2n) is 6.57. The molecule has 1 amide bonds. The minimum atomic E-state index is -0.283. The van der Waals surface area contributed by atoms with Gasteiger partial charge in [0.1, 0.15) is 11.5 Å². The second kappa shape index (κ2) is 8.72. The number of nitrogens with one attached hydrogen (secondary N) is 2. The van der Waals surface area contributed by atoms with Crippen LogP contribution in [-0.2, 0) is 17.9 Å². The molecule has 3 rings (SSSR count). The van der Waals surface area contributed by atoms with Crippen LogP contribution >= 0.6 is 0 Å². The number of amides is 1.